The van der Waals surface area contributed by atoms with Gasteiger partial charge in [0.2, 0.25) is 0 Å². The maximum atomic E-state index is 12.2. The van der Waals surface area contributed by atoms with E-state index in [-0.39, 0.29) is 12.1 Å². The molecule has 19 heavy (non-hydrogen) atoms. The summed E-state index contributed by atoms with van der Waals surface area (Å²) >= 11 is 0. The molecule has 0 amide bonds. The summed E-state index contributed by atoms with van der Waals surface area (Å²) in [6, 6.07) is 5.91. The van der Waals surface area contributed by atoms with E-state index in [1.54, 1.807) is 0 Å². The van der Waals surface area contributed by atoms with Crippen molar-refractivity contribution in [3.63, 3.8) is 0 Å². The minimum Gasteiger partial charge on any atom is -0.459 e. The molecule has 102 valence electrons. The minimum atomic E-state index is -0.151. The van der Waals surface area contributed by atoms with Gasteiger partial charge in [-0.15, -0.1) is 0 Å². The van der Waals surface area contributed by atoms with Crippen LogP contribution in [0.1, 0.15) is 60.0 Å². The van der Waals surface area contributed by atoms with Crippen LogP contribution in [0, 0.1) is 0 Å². The molecule has 1 fully saturated rings. The van der Waals surface area contributed by atoms with Crippen LogP contribution in [0.3, 0.4) is 0 Å². The molecule has 2 aliphatic rings. The molecule has 0 saturated heterocycles. The van der Waals surface area contributed by atoms with Gasteiger partial charge in [-0.05, 0) is 48.9 Å². The zero-order chi connectivity index (χ0) is 13.1. The average molecular weight is 259 g/mol. The van der Waals surface area contributed by atoms with E-state index < -0.39 is 0 Å². The van der Waals surface area contributed by atoms with Crippen LogP contribution in [-0.4, -0.2) is 12.1 Å². The molecule has 1 heterocycles. The monoisotopic (exact) mass is 259 g/mol. The molecule has 1 aliphatic carbocycles. The predicted molar refractivity (Wildman–Crippen MR) is 73.9 cm³/mol. The zero-order valence-electron chi connectivity index (χ0n) is 11.3. The zero-order valence-corrected chi connectivity index (χ0v) is 11.3. The van der Waals surface area contributed by atoms with Crippen molar-refractivity contribution in [2.24, 2.45) is 0 Å². The highest BCUT2D eigenvalue weighted by molar-refractivity contribution is 5.89. The first-order chi connectivity index (χ1) is 9.33. The summed E-state index contributed by atoms with van der Waals surface area (Å²) < 4.78 is 5.66. The van der Waals surface area contributed by atoms with Crippen molar-refractivity contribution in [3.05, 3.63) is 34.9 Å². The lowest BCUT2D eigenvalue weighted by atomic mass is 10.1. The largest absolute Gasteiger partial charge is 0.459 e. The Morgan fingerprint density at radius 2 is 1.79 bits per heavy atom. The Balaban J connectivity index is 1.66. The first-order valence-corrected chi connectivity index (χ1v) is 7.36. The molecular formula is C16H21NO2. The van der Waals surface area contributed by atoms with Crippen LogP contribution in [0.4, 0.5) is 0 Å². The summed E-state index contributed by atoms with van der Waals surface area (Å²) in [6.45, 7) is 1.77. The van der Waals surface area contributed by atoms with Crippen molar-refractivity contribution in [2.75, 3.05) is 0 Å². The number of esters is 1. The normalized spacial score (nSPS) is 19.8. The lowest BCUT2D eigenvalue weighted by molar-refractivity contribution is 0.0267. The first-order valence-electron chi connectivity index (χ1n) is 7.36. The van der Waals surface area contributed by atoms with Crippen LogP contribution in [0.2, 0.25) is 0 Å². The molecule has 3 nitrogen and oxygen atoms in total. The Morgan fingerprint density at radius 3 is 2.58 bits per heavy atom. The Labute approximate surface area is 114 Å². The highest BCUT2D eigenvalue weighted by atomic mass is 16.5. The van der Waals surface area contributed by atoms with Crippen LogP contribution in [0.15, 0.2) is 18.2 Å². The molecule has 0 radical (unpaired) electrons. The van der Waals surface area contributed by atoms with Crippen molar-refractivity contribution in [1.82, 2.24) is 5.32 Å². The van der Waals surface area contributed by atoms with Gasteiger partial charge in [-0.2, -0.15) is 0 Å². The van der Waals surface area contributed by atoms with Crippen molar-refractivity contribution >= 4 is 5.97 Å². The van der Waals surface area contributed by atoms with Gasteiger partial charge in [-0.3, -0.25) is 0 Å². The van der Waals surface area contributed by atoms with E-state index in [0.717, 1.165) is 25.9 Å². The van der Waals surface area contributed by atoms with Gasteiger partial charge in [-0.1, -0.05) is 18.9 Å². The van der Waals surface area contributed by atoms with Gasteiger partial charge in [0, 0.05) is 13.1 Å². The molecule has 1 aromatic carbocycles. The van der Waals surface area contributed by atoms with Crippen molar-refractivity contribution in [1.29, 1.82) is 0 Å². The lowest BCUT2D eigenvalue weighted by Crippen LogP contribution is -2.17. The second-order valence-corrected chi connectivity index (χ2v) is 5.61. The quantitative estimate of drug-likeness (QED) is 0.655. The SMILES string of the molecule is O=C(OC1CCCCCC1)c1ccc2c(c1)CNC2. The highest BCUT2D eigenvalue weighted by Crippen LogP contribution is 2.22. The number of hydrogen-bond acceptors (Lipinski definition) is 3. The van der Waals surface area contributed by atoms with Gasteiger partial charge in [0.1, 0.15) is 6.10 Å². The molecular weight excluding hydrogens is 238 g/mol. The third-order valence-electron chi connectivity index (χ3n) is 4.15. The Kier molecular flexibility index (Phi) is 3.83. The maximum Gasteiger partial charge on any atom is 0.338 e. The van der Waals surface area contributed by atoms with Crippen molar-refractivity contribution in [2.45, 2.75) is 57.7 Å². The first kappa shape index (κ1) is 12.7. The maximum absolute atomic E-state index is 12.2. The van der Waals surface area contributed by atoms with Crippen LogP contribution in [0.5, 0.6) is 0 Å². The average Bonchev–Trinajstić information content (AvgIpc) is 2.75. The summed E-state index contributed by atoms with van der Waals surface area (Å²) in [5.41, 5.74) is 3.23. The number of fused-ring (bicyclic) bond motifs is 1. The second-order valence-electron chi connectivity index (χ2n) is 5.61. The Bertz CT molecular complexity index is 462. The van der Waals surface area contributed by atoms with Gasteiger partial charge >= 0.3 is 5.97 Å². The minimum absolute atomic E-state index is 0.126. The fourth-order valence-electron chi connectivity index (χ4n) is 3.00. The standard InChI is InChI=1S/C16H21NO2/c18-16(19-15-5-3-1-2-4-6-15)12-7-8-13-10-17-11-14(13)9-12/h7-9,15,17H,1-6,10-11H2. The third kappa shape index (κ3) is 2.98. The molecule has 0 atom stereocenters. The lowest BCUT2D eigenvalue weighted by Gasteiger charge is -2.15. The molecule has 3 heteroatoms. The van der Waals surface area contributed by atoms with E-state index in [1.165, 1.54) is 36.8 Å². The molecule has 0 aromatic heterocycles. The Hall–Kier alpha value is -1.35. The van der Waals surface area contributed by atoms with Crippen molar-refractivity contribution < 1.29 is 9.53 Å². The van der Waals surface area contributed by atoms with Crippen LogP contribution in [0.25, 0.3) is 0 Å². The van der Waals surface area contributed by atoms with Crippen LogP contribution < -0.4 is 5.32 Å². The number of nitrogens with one attached hydrogen (secondary N) is 1. The van der Waals surface area contributed by atoms with E-state index in [1.807, 2.05) is 18.2 Å². The van der Waals surface area contributed by atoms with Gasteiger partial charge < -0.3 is 10.1 Å². The summed E-state index contributed by atoms with van der Waals surface area (Å²) in [6.07, 6.45) is 7.10. The van der Waals surface area contributed by atoms with Crippen molar-refractivity contribution in [3.8, 4) is 0 Å². The summed E-state index contributed by atoms with van der Waals surface area (Å²) in [5.74, 6) is -0.151. The topological polar surface area (TPSA) is 38.3 Å². The number of ether oxygens (including phenoxy) is 1. The van der Waals surface area contributed by atoms with Gasteiger partial charge in [0.05, 0.1) is 5.56 Å². The number of carbonyl (C=O) groups excluding carboxylic acids is 1. The van der Waals surface area contributed by atoms with E-state index in [9.17, 15) is 4.79 Å². The van der Waals surface area contributed by atoms with E-state index in [4.69, 9.17) is 4.74 Å². The van der Waals surface area contributed by atoms with Gasteiger partial charge in [0.15, 0.2) is 0 Å². The summed E-state index contributed by atoms with van der Waals surface area (Å²) in [7, 11) is 0. The number of benzene rings is 1. The Morgan fingerprint density at radius 1 is 1.05 bits per heavy atom. The van der Waals surface area contributed by atoms with Gasteiger partial charge in [0.25, 0.3) is 0 Å². The second kappa shape index (κ2) is 5.74. The van der Waals surface area contributed by atoms with E-state index in [0.29, 0.717) is 5.56 Å². The molecule has 0 unspecified atom stereocenters. The van der Waals surface area contributed by atoms with Crippen LogP contribution in [-0.2, 0) is 17.8 Å². The molecule has 1 aliphatic heterocycles. The van der Waals surface area contributed by atoms with Crippen LogP contribution >= 0.6 is 0 Å². The smallest absolute Gasteiger partial charge is 0.338 e. The molecule has 0 bridgehead atoms. The molecule has 1 N–H and O–H groups in total. The fraction of sp³-hybridized carbons (Fsp3) is 0.562. The molecule has 3 rings (SSSR count). The molecule has 1 aromatic rings. The summed E-state index contributed by atoms with van der Waals surface area (Å²) in [5, 5.41) is 3.29. The predicted octanol–water partition coefficient (Wildman–Crippen LogP) is 3.17. The van der Waals surface area contributed by atoms with Gasteiger partial charge in [-0.25, -0.2) is 4.79 Å². The van der Waals surface area contributed by atoms with E-state index >= 15 is 0 Å². The summed E-state index contributed by atoms with van der Waals surface area (Å²) in [4.78, 5) is 12.2. The number of rotatable bonds is 2. The number of hydrogen-bond donors (Lipinski definition) is 1. The number of carbonyl (C=O) groups is 1. The highest BCUT2D eigenvalue weighted by Gasteiger charge is 2.19. The van der Waals surface area contributed by atoms with E-state index in [2.05, 4.69) is 5.32 Å². The molecule has 1 saturated carbocycles. The third-order valence-corrected chi connectivity index (χ3v) is 4.15. The molecule has 0 spiro atoms. The fourth-order valence-corrected chi connectivity index (χ4v) is 3.00.